The van der Waals surface area contributed by atoms with Crippen LogP contribution in [0.5, 0.6) is 0 Å². The first-order valence-electron chi connectivity index (χ1n) is 7.29. The number of nitrogens with one attached hydrogen (secondary N) is 1. The van der Waals surface area contributed by atoms with Crippen LogP contribution < -0.4 is 11.1 Å². The van der Waals surface area contributed by atoms with Crippen molar-refractivity contribution in [2.24, 2.45) is 5.92 Å². The smallest absolute Gasteiger partial charge is 0.224 e. The fraction of sp³-hybridized carbons (Fsp3) is 0.562. The molecular weight excluding hydrogens is 252 g/mol. The fourth-order valence-electron chi connectivity index (χ4n) is 3.12. The Morgan fingerprint density at radius 2 is 2.15 bits per heavy atom. The van der Waals surface area contributed by atoms with E-state index < -0.39 is 5.54 Å². The third kappa shape index (κ3) is 3.73. The second-order valence-corrected chi connectivity index (χ2v) is 6.11. The number of benzene rings is 1. The lowest BCUT2D eigenvalue weighted by atomic mass is 9.76. The highest BCUT2D eigenvalue weighted by Gasteiger charge is 2.35. The van der Waals surface area contributed by atoms with Crippen molar-refractivity contribution >= 4 is 11.6 Å². The highest BCUT2D eigenvalue weighted by Crippen LogP contribution is 2.32. The number of nitrogen functional groups attached to an aromatic ring is 1. The molecule has 0 aromatic heterocycles. The van der Waals surface area contributed by atoms with Gasteiger partial charge in [0, 0.05) is 5.69 Å². The molecule has 4 N–H and O–H groups in total. The van der Waals surface area contributed by atoms with Gasteiger partial charge in [-0.25, -0.2) is 0 Å². The monoisotopic (exact) mass is 276 g/mol. The first kappa shape index (κ1) is 14.9. The lowest BCUT2D eigenvalue weighted by Crippen LogP contribution is -2.54. The second kappa shape index (κ2) is 6.27. The Morgan fingerprint density at radius 3 is 2.75 bits per heavy atom. The van der Waals surface area contributed by atoms with Gasteiger partial charge in [0.15, 0.2) is 0 Å². The Morgan fingerprint density at radius 1 is 1.45 bits per heavy atom. The number of anilines is 1. The predicted molar refractivity (Wildman–Crippen MR) is 80.1 cm³/mol. The van der Waals surface area contributed by atoms with Crippen molar-refractivity contribution < 1.29 is 9.90 Å². The van der Waals surface area contributed by atoms with Gasteiger partial charge in [0.05, 0.1) is 18.6 Å². The molecule has 0 radical (unpaired) electrons. The van der Waals surface area contributed by atoms with Crippen LogP contribution in [0.1, 0.15) is 38.2 Å². The summed E-state index contributed by atoms with van der Waals surface area (Å²) >= 11 is 0. The molecule has 1 saturated carbocycles. The number of amides is 1. The van der Waals surface area contributed by atoms with Crippen molar-refractivity contribution in [2.75, 3.05) is 12.3 Å². The summed E-state index contributed by atoms with van der Waals surface area (Å²) < 4.78 is 0. The standard InChI is InChI=1S/C16H24N2O2/c1-12-3-2-8-16(10-12,11-19)18-15(20)9-13-4-6-14(17)7-5-13/h4-7,12,19H,2-3,8-11,17H2,1H3,(H,18,20). The molecule has 0 bridgehead atoms. The lowest BCUT2D eigenvalue weighted by Gasteiger charge is -2.39. The number of carbonyl (C=O) groups is 1. The van der Waals surface area contributed by atoms with E-state index in [-0.39, 0.29) is 12.5 Å². The van der Waals surface area contributed by atoms with Crippen LogP contribution in [0.25, 0.3) is 0 Å². The van der Waals surface area contributed by atoms with Gasteiger partial charge < -0.3 is 16.2 Å². The summed E-state index contributed by atoms with van der Waals surface area (Å²) in [6, 6.07) is 7.33. The molecule has 0 saturated heterocycles. The SMILES string of the molecule is CC1CCCC(CO)(NC(=O)Cc2ccc(N)cc2)C1. The molecule has 1 aliphatic carbocycles. The Labute approximate surface area is 120 Å². The molecular formula is C16H24N2O2. The van der Waals surface area contributed by atoms with Crippen LogP contribution in [0.15, 0.2) is 24.3 Å². The van der Waals surface area contributed by atoms with Crippen LogP contribution >= 0.6 is 0 Å². The molecule has 0 spiro atoms. The van der Waals surface area contributed by atoms with E-state index in [1.54, 1.807) is 12.1 Å². The average molecular weight is 276 g/mol. The first-order chi connectivity index (χ1) is 9.53. The number of aliphatic hydroxyl groups is 1. The van der Waals surface area contributed by atoms with Crippen molar-refractivity contribution in [2.45, 2.75) is 44.6 Å². The van der Waals surface area contributed by atoms with Gasteiger partial charge in [0.2, 0.25) is 5.91 Å². The minimum Gasteiger partial charge on any atom is -0.399 e. The molecule has 2 atom stereocenters. The average Bonchev–Trinajstić information content (AvgIpc) is 2.41. The molecule has 2 rings (SSSR count). The van der Waals surface area contributed by atoms with Crippen molar-refractivity contribution in [3.05, 3.63) is 29.8 Å². The Bertz CT molecular complexity index is 458. The van der Waals surface area contributed by atoms with Crippen molar-refractivity contribution in [3.8, 4) is 0 Å². The molecule has 1 aromatic rings. The van der Waals surface area contributed by atoms with Gasteiger partial charge in [0.25, 0.3) is 0 Å². The molecule has 110 valence electrons. The third-order valence-corrected chi connectivity index (χ3v) is 4.14. The van der Waals surface area contributed by atoms with E-state index in [1.807, 2.05) is 12.1 Å². The molecule has 1 fully saturated rings. The fourth-order valence-corrected chi connectivity index (χ4v) is 3.12. The van der Waals surface area contributed by atoms with Crippen LogP contribution in [0.2, 0.25) is 0 Å². The zero-order chi connectivity index (χ0) is 14.6. The van der Waals surface area contributed by atoms with Gasteiger partial charge in [0.1, 0.15) is 0 Å². The van der Waals surface area contributed by atoms with E-state index in [0.29, 0.717) is 18.0 Å². The number of hydrogen-bond donors (Lipinski definition) is 3. The van der Waals surface area contributed by atoms with E-state index >= 15 is 0 Å². The molecule has 2 unspecified atom stereocenters. The summed E-state index contributed by atoms with van der Waals surface area (Å²) in [5, 5.41) is 12.7. The Hall–Kier alpha value is -1.55. The highest BCUT2D eigenvalue weighted by molar-refractivity contribution is 5.79. The highest BCUT2D eigenvalue weighted by atomic mass is 16.3. The molecule has 0 heterocycles. The Kier molecular flexibility index (Phi) is 4.65. The normalized spacial score (nSPS) is 26.2. The molecule has 4 nitrogen and oxygen atoms in total. The summed E-state index contributed by atoms with van der Waals surface area (Å²) in [6.07, 6.45) is 4.29. The Balaban J connectivity index is 1.97. The lowest BCUT2D eigenvalue weighted by molar-refractivity contribution is -0.123. The minimum atomic E-state index is -0.428. The second-order valence-electron chi connectivity index (χ2n) is 6.11. The van der Waals surface area contributed by atoms with Crippen LogP contribution in [0.4, 0.5) is 5.69 Å². The molecule has 0 aliphatic heterocycles. The largest absolute Gasteiger partial charge is 0.399 e. The van der Waals surface area contributed by atoms with Crippen LogP contribution in [0, 0.1) is 5.92 Å². The first-order valence-corrected chi connectivity index (χ1v) is 7.29. The van der Waals surface area contributed by atoms with Gasteiger partial charge >= 0.3 is 0 Å². The summed E-state index contributed by atoms with van der Waals surface area (Å²) in [6.45, 7) is 2.19. The van der Waals surface area contributed by atoms with E-state index in [9.17, 15) is 9.90 Å². The predicted octanol–water partition coefficient (Wildman–Crippen LogP) is 1.87. The summed E-state index contributed by atoms with van der Waals surface area (Å²) in [7, 11) is 0. The molecule has 4 heteroatoms. The van der Waals surface area contributed by atoms with E-state index in [0.717, 1.165) is 24.8 Å². The summed E-state index contributed by atoms with van der Waals surface area (Å²) in [5.74, 6) is 0.519. The summed E-state index contributed by atoms with van der Waals surface area (Å²) in [5.41, 5.74) is 6.84. The van der Waals surface area contributed by atoms with E-state index in [2.05, 4.69) is 12.2 Å². The van der Waals surface area contributed by atoms with Gasteiger partial charge in [-0.05, 0) is 36.5 Å². The number of aliphatic hydroxyl groups excluding tert-OH is 1. The number of carbonyl (C=O) groups excluding carboxylic acids is 1. The van der Waals surface area contributed by atoms with E-state index in [4.69, 9.17) is 5.73 Å². The molecule has 20 heavy (non-hydrogen) atoms. The zero-order valence-corrected chi connectivity index (χ0v) is 12.1. The molecule has 1 aliphatic rings. The maximum Gasteiger partial charge on any atom is 0.224 e. The number of rotatable bonds is 4. The molecule has 1 amide bonds. The zero-order valence-electron chi connectivity index (χ0n) is 12.1. The summed E-state index contributed by atoms with van der Waals surface area (Å²) in [4.78, 5) is 12.2. The third-order valence-electron chi connectivity index (χ3n) is 4.14. The maximum atomic E-state index is 12.2. The van der Waals surface area contributed by atoms with Crippen molar-refractivity contribution in [1.29, 1.82) is 0 Å². The van der Waals surface area contributed by atoms with Crippen LogP contribution in [-0.4, -0.2) is 23.2 Å². The number of nitrogens with two attached hydrogens (primary N) is 1. The van der Waals surface area contributed by atoms with Gasteiger partial charge in [-0.2, -0.15) is 0 Å². The van der Waals surface area contributed by atoms with Gasteiger partial charge in [-0.1, -0.05) is 31.9 Å². The van der Waals surface area contributed by atoms with Crippen molar-refractivity contribution in [3.63, 3.8) is 0 Å². The number of hydrogen-bond acceptors (Lipinski definition) is 3. The molecule has 1 aromatic carbocycles. The minimum absolute atomic E-state index is 0.0187. The maximum absolute atomic E-state index is 12.2. The topological polar surface area (TPSA) is 75.3 Å². The van der Waals surface area contributed by atoms with Crippen LogP contribution in [-0.2, 0) is 11.2 Å². The van der Waals surface area contributed by atoms with Crippen molar-refractivity contribution in [1.82, 2.24) is 5.32 Å². The van der Waals surface area contributed by atoms with Crippen LogP contribution in [0.3, 0.4) is 0 Å². The van der Waals surface area contributed by atoms with E-state index in [1.165, 1.54) is 6.42 Å². The quantitative estimate of drug-likeness (QED) is 0.735. The van der Waals surface area contributed by atoms with Gasteiger partial charge in [-0.15, -0.1) is 0 Å². The van der Waals surface area contributed by atoms with Gasteiger partial charge in [-0.3, -0.25) is 4.79 Å².